The van der Waals surface area contributed by atoms with Gasteiger partial charge in [-0.2, -0.15) is 5.26 Å². The topological polar surface area (TPSA) is 130 Å². The van der Waals surface area contributed by atoms with Gasteiger partial charge in [-0.05, 0) is 88.5 Å². The molecule has 10 nitrogen and oxygen atoms in total. The van der Waals surface area contributed by atoms with Gasteiger partial charge >= 0.3 is 0 Å². The first kappa shape index (κ1) is 34.7. The number of fused-ring (bicyclic) bond motifs is 2. The minimum atomic E-state index is -0.515. The van der Waals surface area contributed by atoms with Crippen molar-refractivity contribution in [2.75, 3.05) is 37.4 Å². The first-order valence-corrected chi connectivity index (χ1v) is 16.6. The molecule has 48 heavy (non-hydrogen) atoms. The number of likely N-dealkylation sites (tertiary alicyclic amines) is 1. The van der Waals surface area contributed by atoms with E-state index in [0.29, 0.717) is 53.7 Å². The van der Waals surface area contributed by atoms with E-state index in [9.17, 15) is 10.1 Å². The van der Waals surface area contributed by atoms with Crippen molar-refractivity contribution in [2.45, 2.75) is 71.6 Å². The van der Waals surface area contributed by atoms with Crippen LogP contribution in [0.4, 0.5) is 15.8 Å². The van der Waals surface area contributed by atoms with Gasteiger partial charge in [0.1, 0.15) is 17.3 Å². The quantitative estimate of drug-likeness (QED) is 0.117. The largest absolute Gasteiger partial charge is 0.472 e. The molecular weight excluding hydrogens is 607 g/mol. The predicted octanol–water partition coefficient (Wildman–Crippen LogP) is 5.84. The lowest BCUT2D eigenvalue weighted by Crippen LogP contribution is -2.53. The second-order valence-electron chi connectivity index (χ2n) is 13.1. The fourth-order valence-corrected chi connectivity index (χ4v) is 7.30. The van der Waals surface area contributed by atoms with Crippen LogP contribution in [0, 0.1) is 24.1 Å². The number of amides is 1. The van der Waals surface area contributed by atoms with Crippen LogP contribution in [0.25, 0.3) is 32.9 Å². The van der Waals surface area contributed by atoms with E-state index >= 15 is 4.39 Å². The summed E-state index contributed by atoms with van der Waals surface area (Å²) in [6.07, 6.45) is 5.34. The Balaban J connectivity index is 1.69. The lowest BCUT2D eigenvalue weighted by Gasteiger charge is -2.41. The number of nitriles is 1. The van der Waals surface area contributed by atoms with Crippen molar-refractivity contribution in [1.29, 1.82) is 5.26 Å². The lowest BCUT2D eigenvalue weighted by atomic mass is 9.92. The zero-order valence-electron chi connectivity index (χ0n) is 28.9. The van der Waals surface area contributed by atoms with Crippen LogP contribution in [0.5, 0.6) is 5.88 Å². The number of hydrogen-bond acceptors (Lipinski definition) is 8. The molecule has 11 heteroatoms. The molecule has 3 heterocycles. The molecule has 2 aromatic heterocycles. The molecule has 2 unspecified atom stereocenters. The van der Waals surface area contributed by atoms with Crippen molar-refractivity contribution in [3.63, 3.8) is 0 Å². The van der Waals surface area contributed by atoms with Crippen molar-refractivity contribution in [2.24, 2.45) is 12.9 Å². The fraction of sp³-hybridized carbons (Fsp3) is 0.432. The number of anilines is 2. The molecule has 1 aliphatic heterocycles. The molecule has 0 bridgehead atoms. The van der Waals surface area contributed by atoms with Crippen LogP contribution in [-0.2, 0) is 18.3 Å². The Morgan fingerprint density at radius 3 is 2.79 bits per heavy atom. The molecule has 254 valence electrons. The number of piperidine rings is 1. The van der Waals surface area contributed by atoms with Crippen LogP contribution in [0.15, 0.2) is 43.1 Å². The number of rotatable bonds is 11. The average Bonchev–Trinajstić information content (AvgIpc) is 3.36. The lowest BCUT2D eigenvalue weighted by molar-refractivity contribution is -0.129. The number of hydrogen-bond donors (Lipinski definition) is 2. The van der Waals surface area contributed by atoms with Gasteiger partial charge in [-0.25, -0.2) is 15.2 Å². The van der Waals surface area contributed by atoms with Crippen LogP contribution >= 0.6 is 0 Å². The van der Waals surface area contributed by atoms with E-state index in [2.05, 4.69) is 24.5 Å². The van der Waals surface area contributed by atoms with Crippen LogP contribution in [0.2, 0.25) is 0 Å². The van der Waals surface area contributed by atoms with E-state index in [0.717, 1.165) is 29.4 Å². The zero-order valence-corrected chi connectivity index (χ0v) is 28.9. The average molecular weight is 655 g/mol. The summed E-state index contributed by atoms with van der Waals surface area (Å²) in [6.45, 7) is 13.6. The highest BCUT2D eigenvalue weighted by Crippen LogP contribution is 2.44. The summed E-state index contributed by atoms with van der Waals surface area (Å²) < 4.78 is 25.5. The van der Waals surface area contributed by atoms with Crippen molar-refractivity contribution in [3.05, 3.63) is 60.1 Å². The molecule has 1 fully saturated rings. The molecule has 0 aliphatic carbocycles. The number of aryl methyl sites for hydroxylation is 2. The number of ether oxygens (including phenoxy) is 1. The van der Waals surface area contributed by atoms with Crippen LogP contribution in [0.3, 0.4) is 0 Å². The Morgan fingerprint density at radius 2 is 2.12 bits per heavy atom. The molecule has 3 atom stereocenters. The molecule has 4 aromatic rings. The summed E-state index contributed by atoms with van der Waals surface area (Å²) in [4.78, 5) is 21.1. The van der Waals surface area contributed by atoms with Gasteiger partial charge in [0.15, 0.2) is 5.82 Å². The number of halogens is 1. The molecule has 1 amide bonds. The van der Waals surface area contributed by atoms with Gasteiger partial charge in [0.2, 0.25) is 11.8 Å². The zero-order chi connectivity index (χ0) is 34.9. The maximum atomic E-state index is 17.2. The highest BCUT2D eigenvalue weighted by Gasteiger charge is 2.33. The van der Waals surface area contributed by atoms with Crippen molar-refractivity contribution in [3.8, 4) is 23.1 Å². The number of nitrogen functional groups attached to an aromatic ring is 1. The van der Waals surface area contributed by atoms with Gasteiger partial charge in [-0.3, -0.25) is 4.79 Å². The number of likely N-dealkylation sites (N-methyl/N-ethyl adjacent to an activating group) is 1. The summed E-state index contributed by atoms with van der Waals surface area (Å²) in [6, 6.07) is 9.62. The summed E-state index contributed by atoms with van der Waals surface area (Å²) in [5.41, 5.74) is 11.1. The number of pyridine rings is 1. The van der Waals surface area contributed by atoms with E-state index in [1.165, 1.54) is 6.08 Å². The summed E-state index contributed by atoms with van der Waals surface area (Å²) in [5, 5.41) is 12.5. The minimum Gasteiger partial charge on any atom is -0.472 e. The van der Waals surface area contributed by atoms with Crippen molar-refractivity contribution in [1.82, 2.24) is 19.4 Å². The summed E-state index contributed by atoms with van der Waals surface area (Å²) in [5.74, 6) is 6.42. The van der Waals surface area contributed by atoms with E-state index in [1.807, 2.05) is 69.9 Å². The van der Waals surface area contributed by atoms with E-state index < -0.39 is 5.82 Å². The highest BCUT2D eigenvalue weighted by molar-refractivity contribution is 6.05. The van der Waals surface area contributed by atoms with E-state index in [-0.39, 0.29) is 47.6 Å². The molecule has 1 saturated heterocycles. The van der Waals surface area contributed by atoms with Crippen molar-refractivity contribution >= 4 is 39.1 Å². The molecular formula is C37H47FN8O2. The fourth-order valence-electron chi connectivity index (χ4n) is 7.30. The third kappa shape index (κ3) is 6.42. The third-order valence-corrected chi connectivity index (χ3v) is 9.47. The highest BCUT2D eigenvalue weighted by atomic mass is 19.1. The van der Waals surface area contributed by atoms with Gasteiger partial charge in [0, 0.05) is 60.3 Å². The first-order valence-electron chi connectivity index (χ1n) is 16.6. The number of carbonyl (C=O) groups is 1. The Bertz CT molecular complexity index is 1900. The summed E-state index contributed by atoms with van der Waals surface area (Å²) >= 11 is 0. The molecule has 2 aromatic carbocycles. The number of hydrazine groups is 1. The normalized spacial score (nSPS) is 17.1. The SMILES string of the molecule is C=CC(=O)N1CCC(N(N)c2c(N)c(OC(C)CN(C)CCC)nc3c(F)c(-c4cccc5c4c(CC#N)cn5C)c(C)cc23)C[C@H]1C. The molecule has 1 aliphatic rings. The molecule has 0 spiro atoms. The van der Waals surface area contributed by atoms with Crippen LogP contribution in [-0.4, -0.2) is 70.1 Å². The van der Waals surface area contributed by atoms with Gasteiger partial charge in [0.05, 0.1) is 18.2 Å². The minimum absolute atomic E-state index is 0.0847. The first-order chi connectivity index (χ1) is 22.9. The van der Waals surface area contributed by atoms with Gasteiger partial charge in [-0.1, -0.05) is 25.6 Å². The molecule has 0 saturated carbocycles. The Labute approximate surface area is 282 Å². The number of nitrogens with zero attached hydrogens (tertiary/aromatic N) is 6. The molecule has 4 N–H and O–H groups in total. The number of benzene rings is 2. The third-order valence-electron chi connectivity index (χ3n) is 9.47. The maximum Gasteiger partial charge on any atom is 0.246 e. The summed E-state index contributed by atoms with van der Waals surface area (Å²) in [7, 11) is 3.95. The Morgan fingerprint density at radius 1 is 1.38 bits per heavy atom. The second-order valence-corrected chi connectivity index (χ2v) is 13.1. The van der Waals surface area contributed by atoms with Gasteiger partial charge in [0.25, 0.3) is 0 Å². The van der Waals surface area contributed by atoms with Gasteiger partial charge < -0.3 is 29.8 Å². The van der Waals surface area contributed by atoms with Crippen LogP contribution in [0.1, 0.15) is 51.2 Å². The Hall–Kier alpha value is -4.66. The molecule has 5 rings (SSSR count). The molecule has 0 radical (unpaired) electrons. The predicted molar refractivity (Wildman–Crippen MR) is 191 cm³/mol. The second kappa shape index (κ2) is 14.2. The smallest absolute Gasteiger partial charge is 0.246 e. The van der Waals surface area contributed by atoms with Gasteiger partial charge in [-0.15, -0.1) is 0 Å². The van der Waals surface area contributed by atoms with Crippen LogP contribution < -0.4 is 21.3 Å². The number of nitrogens with two attached hydrogens (primary N) is 2. The monoisotopic (exact) mass is 654 g/mol. The number of carbonyl (C=O) groups excluding carboxylic acids is 1. The Kier molecular flexibility index (Phi) is 10.3. The van der Waals surface area contributed by atoms with E-state index in [1.54, 1.807) is 9.91 Å². The maximum absolute atomic E-state index is 17.2. The standard InChI is InChI=1S/C37H47FN8O2/c1-8-16-43(6)20-24(5)48-37-34(40)36(46(41)26-14-17-45(23(4)19-26)30(47)9-2)28-18-22(3)31(33(38)35(28)42-37)27-11-10-12-29-32(27)25(13-15-39)21-44(29)7/h9-12,18,21,23-24,26H,2,8,13-14,16-17,19-20,40-41H2,1,3-7H3/t23-,24?,26?/m1/s1. The van der Waals surface area contributed by atoms with E-state index in [4.69, 9.17) is 21.3 Å². The number of aromatic nitrogens is 2. The van der Waals surface area contributed by atoms with Crippen molar-refractivity contribution < 1.29 is 13.9 Å².